The quantitative estimate of drug-likeness (QED) is 0.826. The predicted octanol–water partition coefficient (Wildman–Crippen LogP) is 2.02. The summed E-state index contributed by atoms with van der Waals surface area (Å²) >= 11 is 0. The second-order valence-electron chi connectivity index (χ2n) is 6.10. The molecule has 0 fully saturated rings. The third kappa shape index (κ3) is 3.79. The van der Waals surface area contributed by atoms with Gasteiger partial charge in [0.05, 0.1) is 14.2 Å². The van der Waals surface area contributed by atoms with Crippen LogP contribution >= 0.6 is 0 Å². The number of hydrogen-bond acceptors (Lipinski definition) is 4. The Balaban J connectivity index is 1.50. The monoisotopic (exact) mass is 354 g/mol. The summed E-state index contributed by atoms with van der Waals surface area (Å²) in [5, 5.41) is 2.87. The lowest BCUT2D eigenvalue weighted by molar-refractivity contribution is -0.121. The number of nitrogens with one attached hydrogen (secondary N) is 1. The predicted molar refractivity (Wildman–Crippen MR) is 97.4 cm³/mol. The van der Waals surface area contributed by atoms with Crippen molar-refractivity contribution in [3.8, 4) is 11.5 Å². The molecule has 2 amide bonds. The van der Waals surface area contributed by atoms with Crippen LogP contribution in [-0.2, 0) is 17.8 Å². The van der Waals surface area contributed by atoms with Crippen LogP contribution in [-0.4, -0.2) is 44.0 Å². The number of carbonyl (C=O) groups is 2. The normalized spacial score (nSPS) is 12.7. The number of rotatable bonds is 7. The van der Waals surface area contributed by atoms with Crippen LogP contribution in [0.25, 0.3) is 0 Å². The molecule has 0 spiro atoms. The average Bonchev–Trinajstić information content (AvgIpc) is 2.97. The van der Waals surface area contributed by atoms with Gasteiger partial charge in [-0.3, -0.25) is 9.59 Å². The van der Waals surface area contributed by atoms with Crippen LogP contribution in [0.4, 0.5) is 0 Å². The van der Waals surface area contributed by atoms with Gasteiger partial charge in [0, 0.05) is 24.7 Å². The molecule has 0 radical (unpaired) electrons. The first-order valence-corrected chi connectivity index (χ1v) is 8.47. The highest BCUT2D eigenvalue weighted by Gasteiger charge is 2.27. The van der Waals surface area contributed by atoms with Gasteiger partial charge in [0.2, 0.25) is 5.91 Å². The van der Waals surface area contributed by atoms with Crippen molar-refractivity contribution in [2.75, 3.05) is 27.3 Å². The minimum absolute atomic E-state index is 0.0628. The summed E-state index contributed by atoms with van der Waals surface area (Å²) in [5.74, 6) is 1.19. The Labute approximate surface area is 152 Å². The van der Waals surface area contributed by atoms with Gasteiger partial charge in [0.15, 0.2) is 0 Å². The van der Waals surface area contributed by atoms with Gasteiger partial charge >= 0.3 is 0 Å². The van der Waals surface area contributed by atoms with Crippen molar-refractivity contribution in [2.45, 2.75) is 13.0 Å². The summed E-state index contributed by atoms with van der Waals surface area (Å²) in [6, 6.07) is 13.1. The van der Waals surface area contributed by atoms with Gasteiger partial charge < -0.3 is 19.7 Å². The second kappa shape index (κ2) is 7.91. The van der Waals surface area contributed by atoms with E-state index in [4.69, 9.17) is 9.47 Å². The van der Waals surface area contributed by atoms with E-state index >= 15 is 0 Å². The maximum absolute atomic E-state index is 12.3. The second-order valence-corrected chi connectivity index (χ2v) is 6.10. The molecule has 26 heavy (non-hydrogen) atoms. The zero-order valence-corrected chi connectivity index (χ0v) is 15.0. The minimum atomic E-state index is -0.168. The molecule has 136 valence electrons. The van der Waals surface area contributed by atoms with E-state index in [0.717, 1.165) is 22.6 Å². The molecular weight excluding hydrogens is 332 g/mol. The smallest absolute Gasteiger partial charge is 0.254 e. The fourth-order valence-electron chi connectivity index (χ4n) is 3.07. The topological polar surface area (TPSA) is 67.9 Å². The number of methoxy groups -OCH3 is 2. The van der Waals surface area contributed by atoms with Gasteiger partial charge in [-0.05, 0) is 29.7 Å². The zero-order chi connectivity index (χ0) is 18.5. The lowest BCUT2D eigenvalue weighted by Gasteiger charge is -2.15. The highest BCUT2D eigenvalue weighted by atomic mass is 16.5. The molecule has 1 heterocycles. The summed E-state index contributed by atoms with van der Waals surface area (Å²) in [7, 11) is 3.21. The van der Waals surface area contributed by atoms with E-state index < -0.39 is 0 Å². The van der Waals surface area contributed by atoms with E-state index in [1.165, 1.54) is 0 Å². The van der Waals surface area contributed by atoms with E-state index in [9.17, 15) is 9.59 Å². The first kappa shape index (κ1) is 17.8. The van der Waals surface area contributed by atoms with Crippen LogP contribution in [0.3, 0.4) is 0 Å². The molecule has 1 aliphatic heterocycles. The molecule has 0 unspecified atom stereocenters. The summed E-state index contributed by atoms with van der Waals surface area (Å²) in [5.41, 5.74) is 2.63. The molecular formula is C20H22N2O4. The van der Waals surface area contributed by atoms with E-state index in [-0.39, 0.29) is 18.4 Å². The van der Waals surface area contributed by atoms with Crippen molar-refractivity contribution in [3.05, 3.63) is 59.2 Å². The Morgan fingerprint density at radius 3 is 2.69 bits per heavy atom. The fraction of sp³-hybridized carbons (Fsp3) is 0.300. The van der Waals surface area contributed by atoms with Crippen molar-refractivity contribution in [3.63, 3.8) is 0 Å². The summed E-state index contributed by atoms with van der Waals surface area (Å²) in [6.07, 6.45) is 0.632. The minimum Gasteiger partial charge on any atom is -0.497 e. The van der Waals surface area contributed by atoms with Gasteiger partial charge in [-0.15, -0.1) is 0 Å². The maximum Gasteiger partial charge on any atom is 0.254 e. The standard InChI is InChI=1S/C20H22N2O4/c1-25-16-8-7-14(18(11-16)26-2)9-10-21-19(23)13-22-12-15-5-3-4-6-17(15)20(22)24/h3-8,11H,9-10,12-13H2,1-2H3,(H,21,23). The average molecular weight is 354 g/mol. The van der Waals surface area contributed by atoms with Gasteiger partial charge in [-0.1, -0.05) is 24.3 Å². The number of ether oxygens (including phenoxy) is 2. The summed E-state index contributed by atoms with van der Waals surface area (Å²) in [6.45, 7) is 1.01. The third-order valence-corrected chi connectivity index (χ3v) is 4.44. The Bertz CT molecular complexity index is 819. The lowest BCUT2D eigenvalue weighted by atomic mass is 10.1. The lowest BCUT2D eigenvalue weighted by Crippen LogP contribution is -2.38. The van der Waals surface area contributed by atoms with Gasteiger partial charge in [-0.25, -0.2) is 0 Å². The van der Waals surface area contributed by atoms with Crippen LogP contribution in [0, 0.1) is 0 Å². The third-order valence-electron chi connectivity index (χ3n) is 4.44. The van der Waals surface area contributed by atoms with Crippen LogP contribution < -0.4 is 14.8 Å². The molecule has 0 aromatic heterocycles. The van der Waals surface area contributed by atoms with Crippen molar-refractivity contribution in [1.82, 2.24) is 10.2 Å². The molecule has 1 N–H and O–H groups in total. The molecule has 0 saturated heterocycles. The zero-order valence-electron chi connectivity index (χ0n) is 15.0. The highest BCUT2D eigenvalue weighted by Crippen LogP contribution is 2.25. The number of amides is 2. The molecule has 1 aliphatic rings. The molecule has 2 aromatic rings. The molecule has 6 nitrogen and oxygen atoms in total. The van der Waals surface area contributed by atoms with Crippen LogP contribution in [0.2, 0.25) is 0 Å². The molecule has 3 rings (SSSR count). The van der Waals surface area contributed by atoms with Gasteiger partial charge in [0.25, 0.3) is 5.91 Å². The number of fused-ring (bicyclic) bond motifs is 1. The number of nitrogens with zero attached hydrogens (tertiary/aromatic N) is 1. The first-order valence-electron chi connectivity index (χ1n) is 8.47. The van der Waals surface area contributed by atoms with E-state index in [1.54, 1.807) is 25.2 Å². The molecule has 0 bridgehead atoms. The Hall–Kier alpha value is -3.02. The van der Waals surface area contributed by atoms with Crippen LogP contribution in [0.15, 0.2) is 42.5 Å². The number of carbonyl (C=O) groups excluding carboxylic acids is 2. The summed E-state index contributed by atoms with van der Waals surface area (Å²) < 4.78 is 10.5. The first-order chi connectivity index (χ1) is 12.6. The van der Waals surface area contributed by atoms with E-state index in [1.807, 2.05) is 36.4 Å². The van der Waals surface area contributed by atoms with Crippen molar-refractivity contribution < 1.29 is 19.1 Å². The van der Waals surface area contributed by atoms with Crippen molar-refractivity contribution in [1.29, 1.82) is 0 Å². The van der Waals surface area contributed by atoms with E-state index in [2.05, 4.69) is 5.32 Å². The highest BCUT2D eigenvalue weighted by molar-refractivity contribution is 6.00. The number of benzene rings is 2. The van der Waals surface area contributed by atoms with Crippen molar-refractivity contribution >= 4 is 11.8 Å². The Morgan fingerprint density at radius 2 is 1.96 bits per heavy atom. The SMILES string of the molecule is COc1ccc(CCNC(=O)CN2Cc3ccccc3C2=O)c(OC)c1. The Morgan fingerprint density at radius 1 is 1.15 bits per heavy atom. The molecule has 0 atom stereocenters. The van der Waals surface area contributed by atoms with Gasteiger partial charge in [0.1, 0.15) is 18.0 Å². The molecule has 6 heteroatoms. The Kier molecular flexibility index (Phi) is 5.41. The molecule has 2 aromatic carbocycles. The summed E-state index contributed by atoms with van der Waals surface area (Å²) in [4.78, 5) is 26.0. The fourth-order valence-corrected chi connectivity index (χ4v) is 3.07. The van der Waals surface area contributed by atoms with E-state index in [0.29, 0.717) is 25.1 Å². The number of hydrogen-bond donors (Lipinski definition) is 1. The molecule has 0 saturated carbocycles. The van der Waals surface area contributed by atoms with Gasteiger partial charge in [-0.2, -0.15) is 0 Å². The maximum atomic E-state index is 12.3. The van der Waals surface area contributed by atoms with Crippen molar-refractivity contribution in [2.24, 2.45) is 0 Å². The largest absolute Gasteiger partial charge is 0.497 e. The van der Waals surface area contributed by atoms with Crippen LogP contribution in [0.5, 0.6) is 11.5 Å². The molecule has 0 aliphatic carbocycles. The van der Waals surface area contributed by atoms with Crippen LogP contribution in [0.1, 0.15) is 21.5 Å².